The molecule has 0 aliphatic carbocycles. The summed E-state index contributed by atoms with van der Waals surface area (Å²) in [5.74, 6) is 0.719. The fraction of sp³-hybridized carbons (Fsp3) is 0.182. The number of aryl methyl sites for hydroxylation is 1. The molecule has 5 heteroatoms. The quantitative estimate of drug-likeness (QED) is 0.648. The molecular formula is C11H11N3OS. The largest absolute Gasteiger partial charge is 0.346 e. The van der Waals surface area contributed by atoms with Gasteiger partial charge >= 0.3 is 5.69 Å². The maximum atomic E-state index is 11.1. The van der Waals surface area contributed by atoms with Crippen LogP contribution < -0.4 is 5.69 Å². The van der Waals surface area contributed by atoms with E-state index in [2.05, 4.69) is 15.0 Å². The molecule has 0 aromatic carbocycles. The maximum absolute atomic E-state index is 11.1. The Labute approximate surface area is 97.2 Å². The van der Waals surface area contributed by atoms with E-state index in [1.807, 2.05) is 31.2 Å². The van der Waals surface area contributed by atoms with Crippen molar-refractivity contribution in [1.29, 1.82) is 0 Å². The molecule has 0 amide bonds. The minimum Gasteiger partial charge on any atom is -0.310 e. The lowest BCUT2D eigenvalue weighted by Gasteiger charge is -2.00. The van der Waals surface area contributed by atoms with Crippen LogP contribution in [0.25, 0.3) is 0 Å². The van der Waals surface area contributed by atoms with E-state index < -0.39 is 0 Å². The number of H-pyrrole nitrogens is 1. The van der Waals surface area contributed by atoms with Crippen molar-refractivity contribution in [1.82, 2.24) is 15.0 Å². The lowest BCUT2D eigenvalue weighted by atomic mass is 10.4. The Morgan fingerprint density at radius 3 is 3.00 bits per heavy atom. The summed E-state index contributed by atoms with van der Waals surface area (Å²) in [4.78, 5) is 21.8. The van der Waals surface area contributed by atoms with Gasteiger partial charge in [-0.15, -0.1) is 0 Å². The molecule has 2 rings (SSSR count). The van der Waals surface area contributed by atoms with Crippen LogP contribution in [0.1, 0.15) is 11.4 Å². The molecule has 1 N–H and O–H groups in total. The molecule has 0 radical (unpaired) electrons. The van der Waals surface area contributed by atoms with Crippen LogP contribution in [-0.2, 0) is 5.75 Å². The summed E-state index contributed by atoms with van der Waals surface area (Å²) in [6.07, 6.45) is 1.76. The number of aromatic amines is 1. The molecule has 0 saturated heterocycles. The van der Waals surface area contributed by atoms with Crippen molar-refractivity contribution in [2.75, 3.05) is 0 Å². The van der Waals surface area contributed by atoms with Gasteiger partial charge in [0.2, 0.25) is 0 Å². The summed E-state index contributed by atoms with van der Waals surface area (Å²) < 4.78 is 0. The third-order valence-electron chi connectivity index (χ3n) is 1.95. The number of hydrogen-bond acceptors (Lipinski definition) is 4. The summed E-state index contributed by atoms with van der Waals surface area (Å²) in [7, 11) is 0. The Morgan fingerprint density at radius 2 is 2.31 bits per heavy atom. The first-order chi connectivity index (χ1) is 7.74. The van der Waals surface area contributed by atoms with Crippen molar-refractivity contribution < 1.29 is 0 Å². The zero-order valence-corrected chi connectivity index (χ0v) is 9.62. The molecule has 0 bridgehead atoms. The Morgan fingerprint density at radius 1 is 1.44 bits per heavy atom. The van der Waals surface area contributed by atoms with Gasteiger partial charge in [-0.2, -0.15) is 4.98 Å². The number of hydrogen-bond donors (Lipinski definition) is 1. The average molecular weight is 233 g/mol. The Kier molecular flexibility index (Phi) is 3.36. The van der Waals surface area contributed by atoms with Crippen molar-refractivity contribution in [3.63, 3.8) is 0 Å². The zero-order chi connectivity index (χ0) is 11.4. The molecule has 0 aliphatic heterocycles. The van der Waals surface area contributed by atoms with Crippen LogP contribution in [0.5, 0.6) is 0 Å². The minimum absolute atomic E-state index is 0.302. The van der Waals surface area contributed by atoms with Crippen molar-refractivity contribution in [3.8, 4) is 0 Å². The van der Waals surface area contributed by atoms with Gasteiger partial charge in [0.25, 0.3) is 0 Å². The van der Waals surface area contributed by atoms with Gasteiger partial charge in [0.15, 0.2) is 0 Å². The third-order valence-corrected chi connectivity index (χ3v) is 2.89. The number of pyridine rings is 1. The molecule has 2 aromatic heterocycles. The first kappa shape index (κ1) is 10.9. The molecule has 2 aromatic rings. The van der Waals surface area contributed by atoms with E-state index in [0.29, 0.717) is 0 Å². The van der Waals surface area contributed by atoms with E-state index in [1.54, 1.807) is 6.20 Å². The lowest BCUT2D eigenvalue weighted by Crippen LogP contribution is -2.11. The Bertz CT molecular complexity index is 524. The first-order valence-corrected chi connectivity index (χ1v) is 5.83. The van der Waals surface area contributed by atoms with Crippen LogP contribution in [0.15, 0.2) is 40.3 Å². The van der Waals surface area contributed by atoms with Gasteiger partial charge in [0.05, 0.1) is 5.69 Å². The predicted octanol–water partition coefficient (Wildman–Crippen LogP) is 1.77. The monoisotopic (exact) mass is 233 g/mol. The summed E-state index contributed by atoms with van der Waals surface area (Å²) in [6.45, 7) is 1.84. The highest BCUT2D eigenvalue weighted by molar-refractivity contribution is 7.98. The summed E-state index contributed by atoms with van der Waals surface area (Å²) in [5, 5.41) is 0.729. The smallest absolute Gasteiger partial charge is 0.310 e. The molecule has 2 heterocycles. The molecule has 0 saturated carbocycles. The van der Waals surface area contributed by atoms with Crippen LogP contribution >= 0.6 is 11.8 Å². The van der Waals surface area contributed by atoms with Gasteiger partial charge in [-0.3, -0.25) is 4.98 Å². The van der Waals surface area contributed by atoms with Crippen molar-refractivity contribution in [2.45, 2.75) is 17.7 Å². The highest BCUT2D eigenvalue weighted by Crippen LogP contribution is 2.18. The highest BCUT2D eigenvalue weighted by atomic mass is 32.2. The van der Waals surface area contributed by atoms with Gasteiger partial charge in [-0.1, -0.05) is 17.8 Å². The fourth-order valence-corrected chi connectivity index (χ4v) is 2.13. The minimum atomic E-state index is -0.302. The number of nitrogens with zero attached hydrogens (tertiary/aromatic N) is 2. The average Bonchev–Trinajstić information content (AvgIpc) is 2.27. The van der Waals surface area contributed by atoms with E-state index in [0.717, 1.165) is 22.2 Å². The highest BCUT2D eigenvalue weighted by Gasteiger charge is 2.00. The predicted molar refractivity (Wildman–Crippen MR) is 63.4 cm³/mol. The van der Waals surface area contributed by atoms with Crippen LogP contribution in [0.4, 0.5) is 0 Å². The number of nitrogens with one attached hydrogen (secondary N) is 1. The van der Waals surface area contributed by atoms with Crippen LogP contribution in [0, 0.1) is 6.92 Å². The van der Waals surface area contributed by atoms with Crippen LogP contribution in [-0.4, -0.2) is 15.0 Å². The van der Waals surface area contributed by atoms with Crippen LogP contribution in [0.2, 0.25) is 0 Å². The summed E-state index contributed by atoms with van der Waals surface area (Å²) in [5.41, 5.74) is 1.50. The fourth-order valence-electron chi connectivity index (χ4n) is 1.26. The Balaban J connectivity index is 2.08. The normalized spacial score (nSPS) is 10.3. The van der Waals surface area contributed by atoms with E-state index in [4.69, 9.17) is 0 Å². The maximum Gasteiger partial charge on any atom is 0.346 e. The molecule has 0 unspecified atom stereocenters. The summed E-state index contributed by atoms with van der Waals surface area (Å²) in [6, 6.07) is 7.63. The standard InChI is InChI=1S/C11H11N3OS/c1-8-6-10(14-11(15)13-8)16-7-9-4-2-3-5-12-9/h2-6H,7H2,1H3,(H,13,14,15). The van der Waals surface area contributed by atoms with Crippen LogP contribution in [0.3, 0.4) is 0 Å². The zero-order valence-electron chi connectivity index (χ0n) is 8.80. The van der Waals surface area contributed by atoms with Gasteiger partial charge in [0, 0.05) is 17.6 Å². The van der Waals surface area contributed by atoms with Gasteiger partial charge in [-0.25, -0.2) is 4.79 Å². The SMILES string of the molecule is Cc1cc(SCc2ccccn2)nc(=O)[nH]1. The van der Waals surface area contributed by atoms with E-state index in [9.17, 15) is 4.79 Å². The van der Waals surface area contributed by atoms with Gasteiger partial charge in [-0.05, 0) is 25.1 Å². The molecule has 16 heavy (non-hydrogen) atoms. The third kappa shape index (κ3) is 2.93. The van der Waals surface area contributed by atoms with Gasteiger partial charge in [0.1, 0.15) is 5.03 Å². The molecular weight excluding hydrogens is 222 g/mol. The topological polar surface area (TPSA) is 58.6 Å². The molecule has 4 nitrogen and oxygen atoms in total. The van der Waals surface area contributed by atoms with Crippen molar-refractivity contribution in [2.24, 2.45) is 0 Å². The lowest BCUT2D eigenvalue weighted by molar-refractivity contribution is 0.944. The van der Waals surface area contributed by atoms with Crippen molar-refractivity contribution in [3.05, 3.63) is 52.3 Å². The molecule has 0 fully saturated rings. The number of thioether (sulfide) groups is 1. The molecule has 82 valence electrons. The molecule has 0 atom stereocenters. The van der Waals surface area contributed by atoms with E-state index in [1.165, 1.54) is 11.8 Å². The second-order valence-corrected chi connectivity index (χ2v) is 4.31. The molecule has 0 spiro atoms. The van der Waals surface area contributed by atoms with Gasteiger partial charge < -0.3 is 4.98 Å². The second kappa shape index (κ2) is 4.94. The van der Waals surface area contributed by atoms with E-state index in [-0.39, 0.29) is 5.69 Å². The second-order valence-electron chi connectivity index (χ2n) is 3.32. The number of rotatable bonds is 3. The Hall–Kier alpha value is -1.62. The summed E-state index contributed by atoms with van der Waals surface area (Å²) >= 11 is 1.51. The van der Waals surface area contributed by atoms with E-state index >= 15 is 0 Å². The van der Waals surface area contributed by atoms with Crippen molar-refractivity contribution >= 4 is 11.8 Å². The number of aromatic nitrogens is 3. The first-order valence-electron chi connectivity index (χ1n) is 4.85. The molecule has 0 aliphatic rings.